The number of hydrogen-bond donors (Lipinski definition) is 2. The van der Waals surface area contributed by atoms with E-state index in [0.29, 0.717) is 18.0 Å². The van der Waals surface area contributed by atoms with Crippen LogP contribution in [0.15, 0.2) is 55.2 Å². The predicted octanol–water partition coefficient (Wildman–Crippen LogP) is 3.76. The number of anilines is 1. The maximum absolute atomic E-state index is 12.2. The first-order valence-corrected chi connectivity index (χ1v) is 11.2. The number of para-hydroxylation sites is 1. The summed E-state index contributed by atoms with van der Waals surface area (Å²) >= 11 is 0. The summed E-state index contributed by atoms with van der Waals surface area (Å²) in [6, 6.07) is 9.58. The Morgan fingerprint density at radius 1 is 1.06 bits per heavy atom. The van der Waals surface area contributed by atoms with Crippen molar-refractivity contribution in [3.05, 3.63) is 72.2 Å². The zero-order valence-corrected chi connectivity index (χ0v) is 18.5. The van der Waals surface area contributed by atoms with E-state index in [4.69, 9.17) is 0 Å². The fourth-order valence-electron chi connectivity index (χ4n) is 4.06. The summed E-state index contributed by atoms with van der Waals surface area (Å²) in [5, 5.41) is 6.90. The number of benzene rings is 1. The minimum Gasteiger partial charge on any atom is -0.370 e. The van der Waals surface area contributed by atoms with Crippen molar-refractivity contribution in [3.63, 3.8) is 0 Å². The van der Waals surface area contributed by atoms with Crippen LogP contribution in [0.3, 0.4) is 0 Å². The van der Waals surface area contributed by atoms with Crippen LogP contribution in [0.4, 0.5) is 5.82 Å². The quantitative estimate of drug-likeness (QED) is 0.452. The average molecular weight is 440 g/mol. The SMILES string of the molecule is CNC(=O)c1ccnc2c(CCNc3cc(-c4cnc(C5CCC5)nc4)ncn3)cccc12. The highest BCUT2D eigenvalue weighted by atomic mass is 16.1. The molecule has 0 radical (unpaired) electrons. The van der Waals surface area contributed by atoms with E-state index in [2.05, 4.69) is 35.6 Å². The highest BCUT2D eigenvalue weighted by molar-refractivity contribution is 6.06. The van der Waals surface area contributed by atoms with Gasteiger partial charge in [-0.3, -0.25) is 9.78 Å². The van der Waals surface area contributed by atoms with Gasteiger partial charge in [0.25, 0.3) is 5.91 Å². The molecular weight excluding hydrogens is 414 g/mol. The third kappa shape index (κ3) is 4.37. The molecule has 0 aliphatic heterocycles. The van der Waals surface area contributed by atoms with Crippen molar-refractivity contribution in [2.75, 3.05) is 18.9 Å². The normalized spacial score (nSPS) is 13.5. The van der Waals surface area contributed by atoms with Gasteiger partial charge in [0.2, 0.25) is 0 Å². The summed E-state index contributed by atoms with van der Waals surface area (Å²) in [4.78, 5) is 34.5. The van der Waals surface area contributed by atoms with Gasteiger partial charge in [0.05, 0.1) is 16.8 Å². The highest BCUT2D eigenvalue weighted by Crippen LogP contribution is 2.34. The number of carbonyl (C=O) groups excluding carboxylic acids is 1. The molecule has 0 atom stereocenters. The Kier molecular flexibility index (Phi) is 5.89. The van der Waals surface area contributed by atoms with Gasteiger partial charge >= 0.3 is 0 Å². The monoisotopic (exact) mass is 439 g/mol. The van der Waals surface area contributed by atoms with Gasteiger partial charge in [-0.2, -0.15) is 0 Å². The molecule has 1 aliphatic carbocycles. The second-order valence-electron chi connectivity index (χ2n) is 8.17. The van der Waals surface area contributed by atoms with Crippen LogP contribution in [0, 0.1) is 0 Å². The van der Waals surface area contributed by atoms with Gasteiger partial charge in [0.1, 0.15) is 18.0 Å². The molecule has 4 aromatic rings. The molecule has 0 bridgehead atoms. The molecule has 1 aromatic carbocycles. The van der Waals surface area contributed by atoms with Crippen LogP contribution in [0.2, 0.25) is 0 Å². The van der Waals surface area contributed by atoms with Crippen molar-refractivity contribution < 1.29 is 4.79 Å². The van der Waals surface area contributed by atoms with Crippen molar-refractivity contribution in [2.45, 2.75) is 31.6 Å². The summed E-state index contributed by atoms with van der Waals surface area (Å²) in [5.41, 5.74) is 4.20. The van der Waals surface area contributed by atoms with Crippen molar-refractivity contribution in [1.82, 2.24) is 30.2 Å². The molecule has 3 aromatic heterocycles. The Hall–Kier alpha value is -3.94. The third-order valence-corrected chi connectivity index (χ3v) is 6.13. The molecule has 166 valence electrons. The van der Waals surface area contributed by atoms with Gasteiger partial charge in [-0.05, 0) is 30.9 Å². The second-order valence-corrected chi connectivity index (χ2v) is 8.17. The lowest BCUT2D eigenvalue weighted by Gasteiger charge is -2.23. The van der Waals surface area contributed by atoms with Crippen LogP contribution < -0.4 is 10.6 Å². The molecule has 0 unspecified atom stereocenters. The van der Waals surface area contributed by atoms with Gasteiger partial charge in [0.15, 0.2) is 0 Å². The minimum atomic E-state index is -0.115. The van der Waals surface area contributed by atoms with Gasteiger partial charge < -0.3 is 10.6 Å². The Bertz CT molecular complexity index is 1290. The van der Waals surface area contributed by atoms with Gasteiger partial charge in [-0.1, -0.05) is 24.6 Å². The maximum Gasteiger partial charge on any atom is 0.251 e. The number of aromatic nitrogens is 5. The standard InChI is InChI=1S/C25H25N7O/c1-26-25(33)20-9-11-28-23-16(4-3-7-19(20)23)8-10-27-22-12-21(31-15-32-22)18-13-29-24(30-14-18)17-5-2-6-17/h3-4,7,9,11-15,17H,2,5-6,8,10H2,1H3,(H,26,33)(H,27,31,32). The zero-order valence-electron chi connectivity index (χ0n) is 18.5. The van der Waals surface area contributed by atoms with Crippen LogP contribution in [-0.4, -0.2) is 44.4 Å². The van der Waals surface area contributed by atoms with Crippen LogP contribution in [0.25, 0.3) is 22.2 Å². The first kappa shape index (κ1) is 20.9. The lowest BCUT2D eigenvalue weighted by molar-refractivity contribution is 0.0964. The van der Waals surface area contributed by atoms with E-state index >= 15 is 0 Å². The van der Waals surface area contributed by atoms with Crippen molar-refractivity contribution in [2.24, 2.45) is 0 Å². The van der Waals surface area contributed by atoms with Gasteiger partial charge in [-0.15, -0.1) is 0 Å². The molecule has 2 N–H and O–H groups in total. The van der Waals surface area contributed by atoms with E-state index < -0.39 is 0 Å². The summed E-state index contributed by atoms with van der Waals surface area (Å²) < 4.78 is 0. The molecular formula is C25H25N7O. The molecule has 8 heteroatoms. The predicted molar refractivity (Wildman–Crippen MR) is 127 cm³/mol. The maximum atomic E-state index is 12.2. The van der Waals surface area contributed by atoms with Crippen molar-refractivity contribution in [1.29, 1.82) is 0 Å². The van der Waals surface area contributed by atoms with E-state index in [1.165, 1.54) is 19.3 Å². The number of nitrogens with one attached hydrogen (secondary N) is 2. The molecule has 5 rings (SSSR count). The molecule has 8 nitrogen and oxygen atoms in total. The number of rotatable bonds is 7. The van der Waals surface area contributed by atoms with Gasteiger partial charge in [0, 0.05) is 55.1 Å². The number of carbonyl (C=O) groups is 1. The molecule has 0 saturated heterocycles. The Balaban J connectivity index is 1.28. The second kappa shape index (κ2) is 9.28. The number of amides is 1. The fourth-order valence-corrected chi connectivity index (χ4v) is 4.06. The van der Waals surface area contributed by atoms with E-state index in [1.807, 2.05) is 36.7 Å². The molecule has 33 heavy (non-hydrogen) atoms. The lowest BCUT2D eigenvalue weighted by Crippen LogP contribution is -2.18. The Morgan fingerprint density at radius 2 is 1.91 bits per heavy atom. The van der Waals surface area contributed by atoms with E-state index in [1.54, 1.807) is 25.6 Å². The topological polar surface area (TPSA) is 106 Å². The molecule has 1 saturated carbocycles. The third-order valence-electron chi connectivity index (χ3n) is 6.13. The van der Waals surface area contributed by atoms with Crippen molar-refractivity contribution in [3.8, 4) is 11.3 Å². The number of fused-ring (bicyclic) bond motifs is 1. The lowest BCUT2D eigenvalue weighted by atomic mass is 9.85. The summed E-state index contributed by atoms with van der Waals surface area (Å²) in [7, 11) is 1.63. The molecule has 1 amide bonds. The first-order valence-electron chi connectivity index (χ1n) is 11.2. The molecule has 1 aliphatic rings. The fraction of sp³-hybridized carbons (Fsp3) is 0.280. The van der Waals surface area contributed by atoms with Crippen LogP contribution in [0.1, 0.15) is 46.9 Å². The Morgan fingerprint density at radius 3 is 2.67 bits per heavy atom. The average Bonchev–Trinajstić information content (AvgIpc) is 2.83. The summed E-state index contributed by atoms with van der Waals surface area (Å²) in [5.74, 6) is 2.07. The van der Waals surface area contributed by atoms with E-state index in [9.17, 15) is 4.79 Å². The molecule has 1 fully saturated rings. The summed E-state index contributed by atoms with van der Waals surface area (Å²) in [6.07, 6.45) is 11.3. The minimum absolute atomic E-state index is 0.115. The molecule has 3 heterocycles. The smallest absolute Gasteiger partial charge is 0.251 e. The Labute approximate surface area is 192 Å². The zero-order chi connectivity index (χ0) is 22.6. The van der Waals surface area contributed by atoms with E-state index in [0.717, 1.165) is 45.8 Å². The van der Waals surface area contributed by atoms with Crippen LogP contribution in [-0.2, 0) is 6.42 Å². The van der Waals surface area contributed by atoms with Crippen LogP contribution in [0.5, 0.6) is 0 Å². The van der Waals surface area contributed by atoms with Crippen LogP contribution >= 0.6 is 0 Å². The highest BCUT2D eigenvalue weighted by Gasteiger charge is 2.22. The van der Waals surface area contributed by atoms with E-state index in [-0.39, 0.29) is 5.91 Å². The number of pyridine rings is 1. The number of hydrogen-bond acceptors (Lipinski definition) is 7. The summed E-state index contributed by atoms with van der Waals surface area (Å²) in [6.45, 7) is 0.665. The van der Waals surface area contributed by atoms with Crippen molar-refractivity contribution >= 4 is 22.6 Å². The molecule has 0 spiro atoms. The van der Waals surface area contributed by atoms with Gasteiger partial charge in [-0.25, -0.2) is 19.9 Å². The first-order chi connectivity index (χ1) is 16.2. The number of nitrogens with zero attached hydrogens (tertiary/aromatic N) is 5. The largest absolute Gasteiger partial charge is 0.370 e.